The zero-order chi connectivity index (χ0) is 11.5. The van der Waals surface area contributed by atoms with Crippen molar-refractivity contribution in [2.24, 2.45) is 0 Å². The van der Waals surface area contributed by atoms with E-state index in [1.807, 2.05) is 6.92 Å². The summed E-state index contributed by atoms with van der Waals surface area (Å²) in [6.07, 6.45) is 0. The van der Waals surface area contributed by atoms with Gasteiger partial charge in [0, 0.05) is 35.7 Å². The largest absolute Gasteiger partial charge is 0.270 e. The van der Waals surface area contributed by atoms with Crippen molar-refractivity contribution in [1.29, 1.82) is 0 Å². The molecule has 0 aliphatic rings. The van der Waals surface area contributed by atoms with Crippen molar-refractivity contribution in [3.8, 4) is 9.97 Å². The Kier molecular flexibility index (Phi) is 3.99. The van der Waals surface area contributed by atoms with Crippen LogP contribution >= 0.6 is 22.6 Å². The lowest BCUT2D eigenvalue weighted by atomic mass is 10.2. The highest BCUT2D eigenvalue weighted by Gasteiger charge is 2.17. The first-order valence-corrected chi connectivity index (χ1v) is 6.67. The highest BCUT2D eigenvalue weighted by molar-refractivity contribution is 14.1. The van der Waals surface area contributed by atoms with E-state index in [1.54, 1.807) is 46.9 Å². The third-order valence-corrected chi connectivity index (χ3v) is 3.80. The van der Waals surface area contributed by atoms with Gasteiger partial charge in [0.2, 0.25) is 0 Å². The van der Waals surface area contributed by atoms with Gasteiger partial charge in [-0.15, -0.1) is 0 Å². The first-order chi connectivity index (χ1) is 6.98. The maximum Gasteiger partial charge on any atom is 0.270 e. The summed E-state index contributed by atoms with van der Waals surface area (Å²) in [5.74, 6) is 0. The van der Waals surface area contributed by atoms with Crippen LogP contribution in [0.1, 0.15) is 5.56 Å². The minimum Gasteiger partial charge on any atom is -0.227 e. The molecule has 0 unspecified atom stereocenters. The van der Waals surface area contributed by atoms with E-state index >= 15 is 0 Å². The van der Waals surface area contributed by atoms with E-state index in [1.165, 1.54) is 7.05 Å². The van der Waals surface area contributed by atoms with Gasteiger partial charge in [0.15, 0.2) is 0 Å². The Labute approximate surface area is 104 Å². The summed E-state index contributed by atoms with van der Waals surface area (Å²) in [6, 6.07) is 9.16. The molecule has 0 N–H and O–H groups in total. The van der Waals surface area contributed by atoms with Gasteiger partial charge in [0.1, 0.15) is 0 Å². The van der Waals surface area contributed by atoms with Crippen LogP contribution in [0.15, 0.2) is 29.2 Å². The van der Waals surface area contributed by atoms with Gasteiger partial charge in [0.25, 0.3) is 10.0 Å². The molecule has 5 heteroatoms. The van der Waals surface area contributed by atoms with Crippen molar-refractivity contribution in [3.63, 3.8) is 0 Å². The zero-order valence-electron chi connectivity index (χ0n) is 8.36. The SMILES string of the molecule is Cc1ccc(S(=O)(=O)N(C)C#CI)cc1. The molecule has 0 heterocycles. The van der Waals surface area contributed by atoms with Crippen LogP contribution < -0.4 is 0 Å². The maximum atomic E-state index is 11.9. The average Bonchev–Trinajstić information content (AvgIpc) is 2.18. The first kappa shape index (κ1) is 12.3. The molecule has 0 saturated carbocycles. The second kappa shape index (κ2) is 4.86. The summed E-state index contributed by atoms with van der Waals surface area (Å²) in [5.41, 5.74) is 1.02. The lowest BCUT2D eigenvalue weighted by Gasteiger charge is -2.11. The molecule has 0 radical (unpaired) electrons. The number of nitrogens with zero attached hydrogens (tertiary/aromatic N) is 1. The van der Waals surface area contributed by atoms with E-state index in [-0.39, 0.29) is 4.90 Å². The van der Waals surface area contributed by atoms with Crippen molar-refractivity contribution in [2.75, 3.05) is 7.05 Å². The second-order valence-corrected chi connectivity index (χ2v) is 5.50. The van der Waals surface area contributed by atoms with Crippen LogP contribution in [0.5, 0.6) is 0 Å². The van der Waals surface area contributed by atoms with Gasteiger partial charge in [-0.2, -0.15) is 0 Å². The number of hydrogen-bond donors (Lipinski definition) is 0. The van der Waals surface area contributed by atoms with Crippen molar-refractivity contribution in [3.05, 3.63) is 29.8 Å². The van der Waals surface area contributed by atoms with Crippen LogP contribution in [0, 0.1) is 16.9 Å². The van der Waals surface area contributed by atoms with Gasteiger partial charge < -0.3 is 0 Å². The van der Waals surface area contributed by atoms with Gasteiger partial charge in [0.05, 0.1) is 4.90 Å². The van der Waals surface area contributed by atoms with Crippen LogP contribution in [0.3, 0.4) is 0 Å². The Morgan fingerprint density at radius 1 is 1.27 bits per heavy atom. The Morgan fingerprint density at radius 2 is 1.80 bits per heavy atom. The second-order valence-electron chi connectivity index (χ2n) is 2.99. The lowest BCUT2D eigenvalue weighted by molar-refractivity contribution is 0.547. The number of sulfonamides is 1. The monoisotopic (exact) mass is 335 g/mol. The van der Waals surface area contributed by atoms with Crippen molar-refractivity contribution < 1.29 is 8.42 Å². The Hall–Kier alpha value is -0.740. The summed E-state index contributed by atoms with van der Waals surface area (Å²) in [5, 5.41) is 0. The van der Waals surface area contributed by atoms with Crippen molar-refractivity contribution >= 4 is 32.6 Å². The summed E-state index contributed by atoms with van der Waals surface area (Å²) in [4.78, 5) is 0.259. The number of halogens is 1. The molecule has 3 nitrogen and oxygen atoms in total. The molecule has 0 atom stereocenters. The van der Waals surface area contributed by atoms with Gasteiger partial charge >= 0.3 is 0 Å². The first-order valence-electron chi connectivity index (χ1n) is 4.15. The third kappa shape index (κ3) is 2.86. The van der Waals surface area contributed by atoms with E-state index in [2.05, 4.69) is 9.97 Å². The van der Waals surface area contributed by atoms with Crippen LogP contribution in [0.4, 0.5) is 0 Å². The quantitative estimate of drug-likeness (QED) is 0.471. The normalized spacial score (nSPS) is 10.3. The number of benzene rings is 1. The van der Waals surface area contributed by atoms with E-state index in [4.69, 9.17) is 0 Å². The van der Waals surface area contributed by atoms with Gasteiger partial charge in [-0.25, -0.2) is 12.7 Å². The minimum atomic E-state index is -3.46. The average molecular weight is 335 g/mol. The molecule has 0 fully saturated rings. The van der Waals surface area contributed by atoms with Crippen LogP contribution in [-0.2, 0) is 10.0 Å². The molecule has 0 aliphatic carbocycles. The molecule has 1 rings (SSSR count). The molecule has 0 aromatic heterocycles. The predicted molar refractivity (Wildman–Crippen MR) is 67.9 cm³/mol. The summed E-state index contributed by atoms with van der Waals surface area (Å²) in [6.45, 7) is 1.91. The fraction of sp³-hybridized carbons (Fsp3) is 0.200. The fourth-order valence-corrected chi connectivity index (χ4v) is 2.48. The molecular formula is C10H10INO2S. The fourth-order valence-electron chi connectivity index (χ4n) is 0.988. The number of rotatable bonds is 2. The molecule has 1 aromatic carbocycles. The molecule has 0 spiro atoms. The van der Waals surface area contributed by atoms with Gasteiger partial charge in [-0.1, -0.05) is 17.7 Å². The highest BCUT2D eigenvalue weighted by atomic mass is 127. The van der Waals surface area contributed by atoms with Crippen molar-refractivity contribution in [2.45, 2.75) is 11.8 Å². The number of hydrogen-bond acceptors (Lipinski definition) is 2. The maximum absolute atomic E-state index is 11.9. The van der Waals surface area contributed by atoms with Gasteiger partial charge in [-0.05, 0) is 23.0 Å². The molecule has 1 aromatic rings. The lowest BCUT2D eigenvalue weighted by Crippen LogP contribution is -2.21. The van der Waals surface area contributed by atoms with E-state index in [0.717, 1.165) is 9.87 Å². The third-order valence-electron chi connectivity index (χ3n) is 1.88. The number of aryl methyl sites for hydroxylation is 1. The summed E-state index contributed by atoms with van der Waals surface area (Å²) >= 11 is 1.80. The van der Waals surface area contributed by atoms with E-state index in [9.17, 15) is 8.42 Å². The summed E-state index contributed by atoms with van der Waals surface area (Å²) < 4.78 is 27.2. The smallest absolute Gasteiger partial charge is 0.227 e. The molecule has 15 heavy (non-hydrogen) atoms. The van der Waals surface area contributed by atoms with Crippen LogP contribution in [0.25, 0.3) is 0 Å². The molecule has 80 valence electrons. The predicted octanol–water partition coefficient (Wildman–Crippen LogP) is 1.97. The topological polar surface area (TPSA) is 37.4 Å². The molecular weight excluding hydrogens is 325 g/mol. The Morgan fingerprint density at radius 3 is 2.27 bits per heavy atom. The van der Waals surface area contributed by atoms with Crippen LogP contribution in [-0.4, -0.2) is 19.8 Å². The minimum absolute atomic E-state index is 0.259. The van der Waals surface area contributed by atoms with Crippen molar-refractivity contribution in [1.82, 2.24) is 4.31 Å². The Balaban J connectivity index is 3.15. The molecule has 0 aliphatic heterocycles. The zero-order valence-corrected chi connectivity index (χ0v) is 11.3. The molecule has 0 amide bonds. The van der Waals surface area contributed by atoms with Gasteiger partial charge in [-0.3, -0.25) is 0 Å². The molecule has 0 saturated heterocycles. The van der Waals surface area contributed by atoms with Crippen LogP contribution in [0.2, 0.25) is 0 Å². The molecule has 0 bridgehead atoms. The summed E-state index contributed by atoms with van der Waals surface area (Å²) in [7, 11) is -2.03. The van der Waals surface area contributed by atoms with E-state index in [0.29, 0.717) is 0 Å². The standard InChI is InChI=1S/C10H10INO2S/c1-9-3-5-10(6-4-9)15(13,14)12(2)8-7-11/h3-6H,1-2H3. The highest BCUT2D eigenvalue weighted by Crippen LogP contribution is 2.14. The Bertz CT molecular complexity index is 496. The van der Waals surface area contributed by atoms with E-state index < -0.39 is 10.0 Å².